The van der Waals surface area contributed by atoms with Gasteiger partial charge >= 0.3 is 0 Å². The minimum atomic E-state index is -0.620. The summed E-state index contributed by atoms with van der Waals surface area (Å²) in [5.74, 6) is -0.214. The van der Waals surface area contributed by atoms with E-state index in [-0.39, 0.29) is 16.2 Å². The standard InChI is InChI=1S/C11H13N3O2S2/c1-3-12-8(15)6(2)14-10(16)7-4-5-18-9(7)13-11(14)17/h4-6H,3H2,1-2H3,(H,12,15)(H,13,17). The average Bonchev–Trinajstić information content (AvgIpc) is 2.77. The Morgan fingerprint density at radius 3 is 3.06 bits per heavy atom. The van der Waals surface area contributed by atoms with Crippen LogP contribution >= 0.6 is 23.6 Å². The van der Waals surface area contributed by atoms with E-state index in [4.69, 9.17) is 12.2 Å². The second kappa shape index (κ2) is 5.03. The fourth-order valence-corrected chi connectivity index (χ4v) is 2.93. The largest absolute Gasteiger partial charge is 0.355 e. The van der Waals surface area contributed by atoms with Gasteiger partial charge in [-0.1, -0.05) is 0 Å². The highest BCUT2D eigenvalue weighted by atomic mass is 32.1. The summed E-state index contributed by atoms with van der Waals surface area (Å²) in [6, 6.07) is 1.11. The van der Waals surface area contributed by atoms with Gasteiger partial charge in [0.05, 0.1) is 5.39 Å². The zero-order valence-electron chi connectivity index (χ0n) is 10.0. The van der Waals surface area contributed by atoms with E-state index in [1.807, 2.05) is 12.3 Å². The number of hydrogen-bond acceptors (Lipinski definition) is 4. The highest BCUT2D eigenvalue weighted by molar-refractivity contribution is 7.71. The van der Waals surface area contributed by atoms with E-state index in [0.29, 0.717) is 11.9 Å². The van der Waals surface area contributed by atoms with Gasteiger partial charge in [-0.2, -0.15) is 0 Å². The number of carbonyl (C=O) groups is 1. The van der Waals surface area contributed by atoms with Gasteiger partial charge in [0, 0.05) is 6.54 Å². The van der Waals surface area contributed by atoms with Crippen molar-refractivity contribution in [2.45, 2.75) is 19.9 Å². The summed E-state index contributed by atoms with van der Waals surface area (Å²) >= 11 is 6.57. The van der Waals surface area contributed by atoms with Crippen LogP contribution in [0.5, 0.6) is 0 Å². The number of rotatable bonds is 3. The van der Waals surface area contributed by atoms with Crippen LogP contribution in [0.4, 0.5) is 0 Å². The van der Waals surface area contributed by atoms with Crippen molar-refractivity contribution in [3.8, 4) is 0 Å². The molecule has 0 spiro atoms. The Morgan fingerprint density at radius 2 is 2.39 bits per heavy atom. The van der Waals surface area contributed by atoms with Crippen molar-refractivity contribution in [1.29, 1.82) is 0 Å². The van der Waals surface area contributed by atoms with Crippen molar-refractivity contribution in [2.75, 3.05) is 6.54 Å². The molecule has 2 heterocycles. The van der Waals surface area contributed by atoms with Gasteiger partial charge < -0.3 is 10.3 Å². The molecule has 0 aliphatic heterocycles. The molecule has 1 unspecified atom stereocenters. The lowest BCUT2D eigenvalue weighted by Gasteiger charge is -2.14. The van der Waals surface area contributed by atoms with Crippen molar-refractivity contribution in [1.82, 2.24) is 14.9 Å². The maximum atomic E-state index is 12.3. The Labute approximate surface area is 112 Å². The highest BCUT2D eigenvalue weighted by Crippen LogP contribution is 2.15. The summed E-state index contributed by atoms with van der Waals surface area (Å²) in [6.45, 7) is 4.01. The van der Waals surface area contributed by atoms with Crippen LogP contribution in [0.25, 0.3) is 10.2 Å². The SMILES string of the molecule is CCNC(=O)C(C)n1c(=S)[nH]c2sccc2c1=O. The molecule has 5 nitrogen and oxygen atoms in total. The fraction of sp³-hybridized carbons (Fsp3) is 0.364. The van der Waals surface area contributed by atoms with E-state index in [1.165, 1.54) is 15.9 Å². The summed E-state index contributed by atoms with van der Waals surface area (Å²) in [6.07, 6.45) is 0. The fourth-order valence-electron chi connectivity index (χ4n) is 1.74. The highest BCUT2D eigenvalue weighted by Gasteiger charge is 2.18. The van der Waals surface area contributed by atoms with Crippen LogP contribution in [0, 0.1) is 4.77 Å². The number of aromatic nitrogens is 2. The third-order valence-electron chi connectivity index (χ3n) is 2.67. The van der Waals surface area contributed by atoms with Crippen LogP contribution in [0.2, 0.25) is 0 Å². The topological polar surface area (TPSA) is 66.9 Å². The smallest absolute Gasteiger partial charge is 0.263 e. The van der Waals surface area contributed by atoms with E-state index in [1.54, 1.807) is 13.0 Å². The van der Waals surface area contributed by atoms with Gasteiger partial charge in [0.2, 0.25) is 5.91 Å². The number of nitrogens with one attached hydrogen (secondary N) is 2. The van der Waals surface area contributed by atoms with E-state index in [9.17, 15) is 9.59 Å². The van der Waals surface area contributed by atoms with Gasteiger partial charge in [-0.25, -0.2) is 0 Å². The second-order valence-corrected chi connectivity index (χ2v) is 5.14. The Kier molecular flexibility index (Phi) is 3.63. The van der Waals surface area contributed by atoms with Crippen molar-refractivity contribution in [2.24, 2.45) is 0 Å². The lowest BCUT2D eigenvalue weighted by Crippen LogP contribution is -2.36. The molecule has 2 N–H and O–H groups in total. The summed E-state index contributed by atoms with van der Waals surface area (Å²) in [5, 5.41) is 5.06. The average molecular weight is 283 g/mol. The number of thiophene rings is 1. The zero-order valence-corrected chi connectivity index (χ0v) is 11.7. The molecule has 96 valence electrons. The molecule has 0 saturated carbocycles. The van der Waals surface area contributed by atoms with Crippen LogP contribution in [-0.2, 0) is 4.79 Å². The molecule has 0 aliphatic carbocycles. The minimum absolute atomic E-state index is 0.214. The van der Waals surface area contributed by atoms with Gasteiger partial charge in [-0.3, -0.25) is 14.2 Å². The van der Waals surface area contributed by atoms with Gasteiger partial charge in [-0.05, 0) is 37.5 Å². The first kappa shape index (κ1) is 13.0. The van der Waals surface area contributed by atoms with Gasteiger partial charge in [0.25, 0.3) is 5.56 Å². The number of nitrogens with zero attached hydrogens (tertiary/aromatic N) is 1. The molecule has 0 aromatic carbocycles. The third kappa shape index (κ3) is 2.11. The summed E-state index contributed by atoms with van der Waals surface area (Å²) in [5.41, 5.74) is -0.228. The Morgan fingerprint density at radius 1 is 1.67 bits per heavy atom. The van der Waals surface area contributed by atoms with E-state index >= 15 is 0 Å². The molecule has 0 fully saturated rings. The molecule has 0 radical (unpaired) electrons. The Hall–Kier alpha value is -1.47. The van der Waals surface area contributed by atoms with Crippen LogP contribution in [0.3, 0.4) is 0 Å². The molecule has 2 aromatic heterocycles. The maximum absolute atomic E-state index is 12.3. The molecular weight excluding hydrogens is 270 g/mol. The molecule has 1 amide bonds. The molecular formula is C11H13N3O2S2. The second-order valence-electron chi connectivity index (χ2n) is 3.84. The van der Waals surface area contributed by atoms with Gasteiger partial charge in [0.1, 0.15) is 10.9 Å². The normalized spacial score (nSPS) is 12.6. The minimum Gasteiger partial charge on any atom is -0.355 e. The maximum Gasteiger partial charge on any atom is 0.263 e. The molecule has 7 heteroatoms. The van der Waals surface area contributed by atoms with Crippen LogP contribution in [-0.4, -0.2) is 22.0 Å². The summed E-state index contributed by atoms with van der Waals surface area (Å²) < 4.78 is 1.59. The molecule has 1 atom stereocenters. The number of H-pyrrole nitrogens is 1. The van der Waals surface area contributed by atoms with Crippen LogP contribution in [0.15, 0.2) is 16.2 Å². The molecule has 0 saturated heterocycles. The van der Waals surface area contributed by atoms with Crippen molar-refractivity contribution >= 4 is 39.7 Å². The first-order valence-corrected chi connectivity index (χ1v) is 6.84. The lowest BCUT2D eigenvalue weighted by molar-refractivity contribution is -0.123. The molecule has 0 aliphatic rings. The number of aromatic amines is 1. The Bertz CT molecular complexity index is 698. The number of fused-ring (bicyclic) bond motifs is 1. The van der Waals surface area contributed by atoms with Gasteiger partial charge in [-0.15, -0.1) is 11.3 Å². The lowest BCUT2D eigenvalue weighted by atomic mass is 10.3. The van der Waals surface area contributed by atoms with Crippen molar-refractivity contribution in [3.63, 3.8) is 0 Å². The predicted octanol–water partition coefficient (Wildman–Crippen LogP) is 1.82. The van der Waals surface area contributed by atoms with Crippen LogP contribution < -0.4 is 10.9 Å². The summed E-state index contributed by atoms with van der Waals surface area (Å²) in [4.78, 5) is 27.8. The van der Waals surface area contributed by atoms with Crippen LogP contribution in [0.1, 0.15) is 19.9 Å². The number of likely N-dealkylation sites (N-methyl/N-ethyl adjacent to an activating group) is 1. The van der Waals surface area contributed by atoms with Gasteiger partial charge in [0.15, 0.2) is 4.77 Å². The van der Waals surface area contributed by atoms with E-state index in [2.05, 4.69) is 10.3 Å². The van der Waals surface area contributed by atoms with E-state index in [0.717, 1.165) is 4.83 Å². The summed E-state index contributed by atoms with van der Waals surface area (Å²) in [7, 11) is 0. The number of carbonyl (C=O) groups excluding carboxylic acids is 1. The monoisotopic (exact) mass is 283 g/mol. The number of amides is 1. The molecule has 2 rings (SSSR count). The first-order valence-electron chi connectivity index (χ1n) is 5.56. The molecule has 18 heavy (non-hydrogen) atoms. The first-order chi connectivity index (χ1) is 8.56. The van der Waals surface area contributed by atoms with Crippen molar-refractivity contribution < 1.29 is 4.79 Å². The number of hydrogen-bond donors (Lipinski definition) is 2. The molecule has 0 bridgehead atoms. The quantitative estimate of drug-likeness (QED) is 0.844. The molecule has 2 aromatic rings. The van der Waals surface area contributed by atoms with E-state index < -0.39 is 6.04 Å². The third-order valence-corrected chi connectivity index (χ3v) is 3.80. The zero-order chi connectivity index (χ0) is 13.3. The van der Waals surface area contributed by atoms with Crippen molar-refractivity contribution in [3.05, 3.63) is 26.6 Å². The Balaban J connectivity index is 2.60. The predicted molar refractivity (Wildman–Crippen MR) is 74.7 cm³/mol.